The molecule has 0 fully saturated rings. The maximum atomic E-state index is 13.5. The Morgan fingerprint density at radius 2 is 1.53 bits per heavy atom. The molecule has 0 aliphatic carbocycles. The Hall–Kier alpha value is -2.10. The molecule has 0 saturated carbocycles. The predicted octanol–water partition coefficient (Wildman–Crippen LogP) is 3.58. The average molecular weight is 236 g/mol. The van der Waals surface area contributed by atoms with Crippen LogP contribution in [0.5, 0.6) is 0 Å². The Balaban J connectivity index is 2.69. The molecule has 17 heavy (non-hydrogen) atoms. The maximum absolute atomic E-state index is 13.5. The molecule has 2 rings (SSSR count). The summed E-state index contributed by atoms with van der Waals surface area (Å²) in [5.41, 5.74) is 0.322. The monoisotopic (exact) mass is 236 g/mol. The SMILES string of the molecule is O=Cc1ccccc1-c1ccc(F)c(F)c1F. The second-order valence-corrected chi connectivity index (χ2v) is 3.43. The van der Waals surface area contributed by atoms with Crippen LogP contribution in [-0.2, 0) is 0 Å². The molecular weight excluding hydrogens is 229 g/mol. The van der Waals surface area contributed by atoms with Crippen LogP contribution < -0.4 is 0 Å². The molecule has 0 aromatic heterocycles. The van der Waals surface area contributed by atoms with Crippen LogP contribution in [-0.4, -0.2) is 6.29 Å². The lowest BCUT2D eigenvalue weighted by Crippen LogP contribution is -1.96. The fraction of sp³-hybridized carbons (Fsp3) is 0. The van der Waals surface area contributed by atoms with Gasteiger partial charge in [-0.15, -0.1) is 0 Å². The molecule has 0 aliphatic heterocycles. The Labute approximate surface area is 95.5 Å². The van der Waals surface area contributed by atoms with Crippen molar-refractivity contribution in [1.82, 2.24) is 0 Å². The minimum Gasteiger partial charge on any atom is -0.298 e. The highest BCUT2D eigenvalue weighted by molar-refractivity contribution is 5.87. The van der Waals surface area contributed by atoms with Gasteiger partial charge in [0.25, 0.3) is 0 Å². The van der Waals surface area contributed by atoms with Crippen molar-refractivity contribution in [2.24, 2.45) is 0 Å². The molecular formula is C13H7F3O. The van der Waals surface area contributed by atoms with Gasteiger partial charge >= 0.3 is 0 Å². The third-order valence-electron chi connectivity index (χ3n) is 2.41. The van der Waals surface area contributed by atoms with Crippen molar-refractivity contribution < 1.29 is 18.0 Å². The summed E-state index contributed by atoms with van der Waals surface area (Å²) in [6.45, 7) is 0. The topological polar surface area (TPSA) is 17.1 Å². The van der Waals surface area contributed by atoms with Crippen molar-refractivity contribution in [2.45, 2.75) is 0 Å². The van der Waals surface area contributed by atoms with Crippen molar-refractivity contribution in [3.8, 4) is 11.1 Å². The Kier molecular flexibility index (Phi) is 2.95. The van der Waals surface area contributed by atoms with E-state index in [-0.39, 0.29) is 16.7 Å². The van der Waals surface area contributed by atoms with Gasteiger partial charge in [0.1, 0.15) is 0 Å². The highest BCUT2D eigenvalue weighted by atomic mass is 19.2. The first-order chi connectivity index (χ1) is 8.15. The molecule has 0 amide bonds. The molecule has 2 aromatic carbocycles. The number of carbonyl (C=O) groups is 1. The van der Waals surface area contributed by atoms with Gasteiger partial charge in [-0.1, -0.05) is 24.3 Å². The van der Waals surface area contributed by atoms with Gasteiger partial charge in [0.05, 0.1) is 0 Å². The van der Waals surface area contributed by atoms with Crippen molar-refractivity contribution in [3.63, 3.8) is 0 Å². The molecule has 0 bridgehead atoms. The summed E-state index contributed by atoms with van der Waals surface area (Å²) >= 11 is 0. The summed E-state index contributed by atoms with van der Waals surface area (Å²) < 4.78 is 39.4. The fourth-order valence-electron chi connectivity index (χ4n) is 1.58. The van der Waals surface area contributed by atoms with Gasteiger partial charge in [0.15, 0.2) is 23.7 Å². The summed E-state index contributed by atoms with van der Waals surface area (Å²) in [5.74, 6) is -4.09. The van der Waals surface area contributed by atoms with Gasteiger partial charge < -0.3 is 0 Å². The lowest BCUT2D eigenvalue weighted by molar-refractivity contribution is 0.112. The predicted molar refractivity (Wildman–Crippen MR) is 57.1 cm³/mol. The van der Waals surface area contributed by atoms with Crippen LogP contribution in [0.15, 0.2) is 36.4 Å². The number of hydrogen-bond acceptors (Lipinski definition) is 1. The van der Waals surface area contributed by atoms with Crippen molar-refractivity contribution >= 4 is 6.29 Å². The summed E-state index contributed by atoms with van der Waals surface area (Å²) in [6.07, 6.45) is 0.538. The summed E-state index contributed by atoms with van der Waals surface area (Å²) in [6, 6.07) is 8.07. The molecule has 4 heteroatoms. The summed E-state index contributed by atoms with van der Waals surface area (Å²) in [5, 5.41) is 0. The normalized spacial score (nSPS) is 10.3. The number of rotatable bonds is 2. The highest BCUT2D eigenvalue weighted by Gasteiger charge is 2.16. The van der Waals surface area contributed by atoms with E-state index in [0.29, 0.717) is 6.29 Å². The number of aldehydes is 1. The zero-order valence-electron chi connectivity index (χ0n) is 8.58. The maximum Gasteiger partial charge on any atom is 0.195 e. The molecule has 86 valence electrons. The lowest BCUT2D eigenvalue weighted by atomic mass is 10.00. The van der Waals surface area contributed by atoms with Gasteiger partial charge in [-0.2, -0.15) is 0 Å². The van der Waals surface area contributed by atoms with Crippen LogP contribution in [0.25, 0.3) is 11.1 Å². The molecule has 0 unspecified atom stereocenters. The van der Waals surface area contributed by atoms with Crippen LogP contribution in [0.1, 0.15) is 10.4 Å². The number of hydrogen-bond donors (Lipinski definition) is 0. The molecule has 0 atom stereocenters. The molecule has 0 saturated heterocycles. The van der Waals surface area contributed by atoms with E-state index in [4.69, 9.17) is 0 Å². The Bertz CT molecular complexity index is 579. The van der Waals surface area contributed by atoms with E-state index in [1.165, 1.54) is 12.1 Å². The number of carbonyl (C=O) groups excluding carboxylic acids is 1. The van der Waals surface area contributed by atoms with Gasteiger partial charge in [0.2, 0.25) is 0 Å². The first-order valence-electron chi connectivity index (χ1n) is 4.83. The Morgan fingerprint density at radius 1 is 0.824 bits per heavy atom. The van der Waals surface area contributed by atoms with Crippen molar-refractivity contribution in [1.29, 1.82) is 0 Å². The van der Waals surface area contributed by atoms with Crippen LogP contribution in [0.4, 0.5) is 13.2 Å². The number of benzene rings is 2. The van der Waals surface area contributed by atoms with Crippen molar-refractivity contribution in [2.75, 3.05) is 0 Å². The zero-order chi connectivity index (χ0) is 12.4. The molecule has 0 aliphatic rings. The first-order valence-corrected chi connectivity index (χ1v) is 4.83. The number of halogens is 3. The van der Waals surface area contributed by atoms with Crippen LogP contribution in [0.2, 0.25) is 0 Å². The first kappa shape index (κ1) is 11.4. The van der Waals surface area contributed by atoms with Gasteiger partial charge in [0, 0.05) is 11.1 Å². The van der Waals surface area contributed by atoms with Gasteiger partial charge in [-0.3, -0.25) is 4.79 Å². The van der Waals surface area contributed by atoms with Crippen LogP contribution in [0.3, 0.4) is 0 Å². The second kappa shape index (κ2) is 4.41. The van der Waals surface area contributed by atoms with Gasteiger partial charge in [-0.25, -0.2) is 13.2 Å². The third kappa shape index (κ3) is 1.93. The molecule has 0 radical (unpaired) electrons. The van der Waals surface area contributed by atoms with Crippen molar-refractivity contribution in [3.05, 3.63) is 59.4 Å². The third-order valence-corrected chi connectivity index (χ3v) is 2.41. The standard InChI is InChI=1S/C13H7F3O/c14-11-6-5-10(12(15)13(11)16)9-4-2-1-3-8(9)7-17/h1-7H. The van der Waals surface area contributed by atoms with Gasteiger partial charge in [-0.05, 0) is 17.7 Å². The fourth-order valence-corrected chi connectivity index (χ4v) is 1.58. The quantitative estimate of drug-likeness (QED) is 0.575. The molecule has 0 spiro atoms. The highest BCUT2D eigenvalue weighted by Crippen LogP contribution is 2.27. The van der Waals surface area contributed by atoms with E-state index < -0.39 is 17.5 Å². The van der Waals surface area contributed by atoms with E-state index in [9.17, 15) is 18.0 Å². The minimum atomic E-state index is -1.54. The minimum absolute atomic E-state index is 0.133. The average Bonchev–Trinajstić information content (AvgIpc) is 2.36. The smallest absolute Gasteiger partial charge is 0.195 e. The van der Waals surface area contributed by atoms with Crippen LogP contribution >= 0.6 is 0 Å². The molecule has 2 aromatic rings. The van der Waals surface area contributed by atoms with E-state index >= 15 is 0 Å². The molecule has 0 N–H and O–H groups in total. The van der Waals surface area contributed by atoms with E-state index in [2.05, 4.69) is 0 Å². The molecule has 1 nitrogen and oxygen atoms in total. The van der Waals surface area contributed by atoms with E-state index in [1.54, 1.807) is 12.1 Å². The van der Waals surface area contributed by atoms with E-state index in [1.807, 2.05) is 0 Å². The Morgan fingerprint density at radius 3 is 2.24 bits per heavy atom. The van der Waals surface area contributed by atoms with E-state index in [0.717, 1.165) is 12.1 Å². The molecule has 0 heterocycles. The summed E-state index contributed by atoms with van der Waals surface area (Å²) in [4.78, 5) is 10.8. The summed E-state index contributed by atoms with van der Waals surface area (Å²) in [7, 11) is 0. The second-order valence-electron chi connectivity index (χ2n) is 3.43. The zero-order valence-corrected chi connectivity index (χ0v) is 8.58. The van der Waals surface area contributed by atoms with Crippen LogP contribution in [0, 0.1) is 17.5 Å². The lowest BCUT2D eigenvalue weighted by Gasteiger charge is -2.07. The largest absolute Gasteiger partial charge is 0.298 e.